The molecule has 1 rings (SSSR count). The van der Waals surface area contributed by atoms with Crippen molar-refractivity contribution in [2.24, 2.45) is 5.16 Å². The minimum atomic E-state index is -0.302. The summed E-state index contributed by atoms with van der Waals surface area (Å²) >= 11 is 11.3. The van der Waals surface area contributed by atoms with Gasteiger partial charge >= 0.3 is 0 Å². The first kappa shape index (κ1) is 28.4. The summed E-state index contributed by atoms with van der Waals surface area (Å²) in [4.78, 5) is 5.34. The third-order valence-corrected chi connectivity index (χ3v) is 4.82. The standard InChI is InChI=1S/C25H39Cl2NO4/c1-7-20-17-22(30-16-13-23(26)27)18-21(8-2)24(20)31-15-12-10-9-11-14-29-19(3)28-32-25(4,5)6/h13,17-18H,7-12,14-16H2,1-6H3. The molecule has 0 saturated carbocycles. The predicted octanol–water partition coefficient (Wildman–Crippen LogP) is 7.61. The molecule has 0 unspecified atom stereocenters. The molecule has 0 aliphatic carbocycles. The summed E-state index contributed by atoms with van der Waals surface area (Å²) in [5, 5.41) is 3.99. The summed E-state index contributed by atoms with van der Waals surface area (Å²) in [6.45, 7) is 13.6. The van der Waals surface area contributed by atoms with E-state index in [1.807, 2.05) is 39.8 Å². The molecular formula is C25H39Cl2NO4. The maximum absolute atomic E-state index is 6.18. The van der Waals surface area contributed by atoms with Crippen molar-refractivity contribution >= 4 is 29.1 Å². The quantitative estimate of drug-likeness (QED) is 0.117. The van der Waals surface area contributed by atoms with Crippen molar-refractivity contribution in [3.05, 3.63) is 33.8 Å². The molecule has 0 aromatic heterocycles. The molecule has 182 valence electrons. The van der Waals surface area contributed by atoms with Crippen molar-refractivity contribution in [1.29, 1.82) is 0 Å². The number of unbranched alkanes of at least 4 members (excludes halogenated alkanes) is 3. The Hall–Kier alpha value is -1.59. The van der Waals surface area contributed by atoms with Crippen LogP contribution in [0, 0.1) is 0 Å². The number of aryl methyl sites for hydroxylation is 2. The molecule has 7 heteroatoms. The number of oxime groups is 1. The molecule has 0 atom stereocenters. The van der Waals surface area contributed by atoms with E-state index < -0.39 is 0 Å². The number of ether oxygens (including phenoxy) is 3. The van der Waals surface area contributed by atoms with Crippen LogP contribution in [0.3, 0.4) is 0 Å². The molecule has 0 spiro atoms. The molecule has 0 bridgehead atoms. The Kier molecular flexibility index (Phi) is 13.6. The Labute approximate surface area is 204 Å². The van der Waals surface area contributed by atoms with Gasteiger partial charge in [0, 0.05) is 6.92 Å². The Morgan fingerprint density at radius 2 is 1.53 bits per heavy atom. The van der Waals surface area contributed by atoms with Crippen LogP contribution in [0.5, 0.6) is 11.5 Å². The van der Waals surface area contributed by atoms with Crippen molar-refractivity contribution in [3.63, 3.8) is 0 Å². The maximum atomic E-state index is 6.18. The van der Waals surface area contributed by atoms with Crippen molar-refractivity contribution in [2.75, 3.05) is 19.8 Å². The molecule has 5 nitrogen and oxygen atoms in total. The average Bonchev–Trinajstić information content (AvgIpc) is 2.73. The van der Waals surface area contributed by atoms with Gasteiger partial charge in [-0.3, -0.25) is 0 Å². The lowest BCUT2D eigenvalue weighted by Gasteiger charge is -2.17. The van der Waals surface area contributed by atoms with Crippen molar-refractivity contribution in [2.45, 2.75) is 85.7 Å². The molecule has 0 saturated heterocycles. The van der Waals surface area contributed by atoms with E-state index in [0.29, 0.717) is 25.7 Å². The first-order chi connectivity index (χ1) is 15.2. The summed E-state index contributed by atoms with van der Waals surface area (Å²) in [6.07, 6.45) is 7.55. The Morgan fingerprint density at radius 1 is 0.938 bits per heavy atom. The fourth-order valence-electron chi connectivity index (χ4n) is 2.90. The normalized spacial score (nSPS) is 11.8. The molecule has 1 aromatic rings. The molecular weight excluding hydrogens is 449 g/mol. The molecule has 0 heterocycles. The van der Waals surface area contributed by atoms with Gasteiger partial charge in [-0.1, -0.05) is 42.2 Å². The second-order valence-electron chi connectivity index (χ2n) is 8.51. The fraction of sp³-hybridized carbons (Fsp3) is 0.640. The van der Waals surface area contributed by atoms with Crippen LogP contribution in [0.25, 0.3) is 0 Å². The Bertz CT molecular complexity index is 713. The maximum Gasteiger partial charge on any atom is 0.222 e. The molecule has 0 amide bonds. The van der Waals surface area contributed by atoms with Crippen LogP contribution in [0.2, 0.25) is 0 Å². The molecule has 0 N–H and O–H groups in total. The van der Waals surface area contributed by atoms with Gasteiger partial charge in [-0.2, -0.15) is 0 Å². The van der Waals surface area contributed by atoms with E-state index in [4.69, 9.17) is 42.3 Å². The highest BCUT2D eigenvalue weighted by molar-refractivity contribution is 6.55. The van der Waals surface area contributed by atoms with Crippen LogP contribution in [0.15, 0.2) is 27.9 Å². The smallest absolute Gasteiger partial charge is 0.222 e. The fourth-order valence-corrected chi connectivity index (χ4v) is 3.02. The number of rotatable bonds is 14. The second-order valence-corrected chi connectivity index (χ2v) is 9.52. The van der Waals surface area contributed by atoms with Gasteiger partial charge in [0.25, 0.3) is 0 Å². The van der Waals surface area contributed by atoms with Crippen LogP contribution in [-0.4, -0.2) is 31.3 Å². The Balaban J connectivity index is 2.40. The van der Waals surface area contributed by atoms with E-state index >= 15 is 0 Å². The Morgan fingerprint density at radius 3 is 2.06 bits per heavy atom. The van der Waals surface area contributed by atoms with Gasteiger partial charge in [0.05, 0.1) is 13.2 Å². The lowest BCUT2D eigenvalue weighted by molar-refractivity contribution is -0.00395. The molecule has 32 heavy (non-hydrogen) atoms. The first-order valence-corrected chi connectivity index (χ1v) is 12.2. The number of hydrogen-bond acceptors (Lipinski definition) is 5. The highest BCUT2D eigenvalue weighted by Crippen LogP contribution is 2.31. The van der Waals surface area contributed by atoms with Crippen LogP contribution >= 0.6 is 23.2 Å². The van der Waals surface area contributed by atoms with E-state index in [-0.39, 0.29) is 10.1 Å². The summed E-state index contributed by atoms with van der Waals surface area (Å²) in [6, 6.07) is 4.07. The molecule has 1 aromatic carbocycles. The van der Waals surface area contributed by atoms with E-state index in [0.717, 1.165) is 61.2 Å². The number of benzene rings is 1. The van der Waals surface area contributed by atoms with Crippen LogP contribution in [-0.2, 0) is 22.4 Å². The third-order valence-electron chi connectivity index (χ3n) is 4.51. The highest BCUT2D eigenvalue weighted by atomic mass is 35.5. The van der Waals surface area contributed by atoms with Gasteiger partial charge in [-0.25, -0.2) is 0 Å². The van der Waals surface area contributed by atoms with Crippen LogP contribution in [0.4, 0.5) is 0 Å². The van der Waals surface area contributed by atoms with Crippen molar-refractivity contribution in [3.8, 4) is 11.5 Å². The van der Waals surface area contributed by atoms with Gasteiger partial charge in [0.1, 0.15) is 28.2 Å². The van der Waals surface area contributed by atoms with E-state index in [2.05, 4.69) is 19.0 Å². The predicted molar refractivity (Wildman–Crippen MR) is 134 cm³/mol. The van der Waals surface area contributed by atoms with E-state index in [1.54, 1.807) is 6.08 Å². The lowest BCUT2D eigenvalue weighted by atomic mass is 10.0. The van der Waals surface area contributed by atoms with Crippen molar-refractivity contribution < 1.29 is 19.0 Å². The zero-order valence-corrected chi connectivity index (χ0v) is 21.9. The molecule has 0 fully saturated rings. The second kappa shape index (κ2) is 15.3. The van der Waals surface area contributed by atoms with Gasteiger partial charge in [-0.05, 0) is 88.6 Å². The summed E-state index contributed by atoms with van der Waals surface area (Å²) < 4.78 is 17.7. The van der Waals surface area contributed by atoms with Gasteiger partial charge < -0.3 is 19.0 Å². The third kappa shape index (κ3) is 12.4. The summed E-state index contributed by atoms with van der Waals surface area (Å²) in [5.74, 6) is 2.36. The van der Waals surface area contributed by atoms with E-state index in [9.17, 15) is 0 Å². The number of halogens is 2. The van der Waals surface area contributed by atoms with Gasteiger partial charge in [0.15, 0.2) is 0 Å². The topological polar surface area (TPSA) is 49.3 Å². The number of hydrogen-bond donors (Lipinski definition) is 0. The summed E-state index contributed by atoms with van der Waals surface area (Å²) in [5.41, 5.74) is 2.00. The monoisotopic (exact) mass is 487 g/mol. The minimum Gasteiger partial charge on any atom is -0.493 e. The highest BCUT2D eigenvalue weighted by Gasteiger charge is 2.12. The molecule has 0 radical (unpaired) electrons. The van der Waals surface area contributed by atoms with E-state index in [1.165, 1.54) is 0 Å². The SMILES string of the molecule is CCc1cc(OCC=C(Cl)Cl)cc(CC)c1OCCCCCCOC(C)=NOC(C)(C)C. The van der Waals surface area contributed by atoms with Crippen molar-refractivity contribution in [1.82, 2.24) is 0 Å². The molecule has 0 aliphatic heterocycles. The largest absolute Gasteiger partial charge is 0.493 e. The first-order valence-electron chi connectivity index (χ1n) is 11.4. The van der Waals surface area contributed by atoms with Gasteiger partial charge in [-0.15, -0.1) is 0 Å². The molecule has 0 aliphatic rings. The number of nitrogens with zero attached hydrogens (tertiary/aromatic N) is 1. The minimum absolute atomic E-state index is 0.209. The lowest BCUT2D eigenvalue weighted by Crippen LogP contribution is -2.17. The average molecular weight is 488 g/mol. The zero-order valence-electron chi connectivity index (χ0n) is 20.4. The summed E-state index contributed by atoms with van der Waals surface area (Å²) in [7, 11) is 0. The zero-order chi connectivity index (χ0) is 24.0. The van der Waals surface area contributed by atoms with Crippen LogP contribution < -0.4 is 9.47 Å². The van der Waals surface area contributed by atoms with Crippen LogP contribution in [0.1, 0.15) is 78.4 Å². The van der Waals surface area contributed by atoms with Gasteiger partial charge in [0.2, 0.25) is 5.90 Å².